The Kier molecular flexibility index (Phi) is 5.11. The molecule has 3 N–H and O–H groups in total. The van der Waals surface area contributed by atoms with Crippen molar-refractivity contribution >= 4 is 23.2 Å². The lowest BCUT2D eigenvalue weighted by molar-refractivity contribution is -0.119. The fourth-order valence-electron chi connectivity index (χ4n) is 1.86. The first kappa shape index (κ1) is 16.0. The summed E-state index contributed by atoms with van der Waals surface area (Å²) in [6, 6.07) is 6.52. The Balaban J connectivity index is 1.92. The number of carbonyl (C=O) groups excluding carboxylic acids is 2. The number of ether oxygens (including phenoxy) is 1. The quantitative estimate of drug-likeness (QED) is 0.844. The van der Waals surface area contributed by atoms with E-state index in [4.69, 9.17) is 10.5 Å². The van der Waals surface area contributed by atoms with Gasteiger partial charge in [-0.15, -0.1) is 11.3 Å². The van der Waals surface area contributed by atoms with E-state index in [9.17, 15) is 9.59 Å². The molecule has 0 aliphatic rings. The van der Waals surface area contributed by atoms with Crippen LogP contribution in [0, 0.1) is 13.8 Å². The molecule has 116 valence electrons. The summed E-state index contributed by atoms with van der Waals surface area (Å²) < 4.78 is 5.14. The molecule has 1 aromatic carbocycles. The van der Waals surface area contributed by atoms with Crippen molar-refractivity contribution in [2.45, 2.75) is 20.4 Å². The van der Waals surface area contributed by atoms with Crippen molar-refractivity contribution < 1.29 is 14.3 Å². The van der Waals surface area contributed by atoms with Crippen LogP contribution >= 0.6 is 11.3 Å². The number of nitrogens with zero attached hydrogens (tertiary/aromatic N) is 1. The van der Waals surface area contributed by atoms with Crippen molar-refractivity contribution in [3.05, 3.63) is 45.4 Å². The highest BCUT2D eigenvalue weighted by molar-refractivity contribution is 7.11. The number of hydrogen-bond donors (Lipinski definition) is 2. The van der Waals surface area contributed by atoms with Crippen LogP contribution in [0.15, 0.2) is 24.3 Å². The second-order valence-corrected chi connectivity index (χ2v) is 5.99. The Morgan fingerprint density at radius 2 is 1.95 bits per heavy atom. The van der Waals surface area contributed by atoms with Crippen LogP contribution in [-0.4, -0.2) is 23.4 Å². The zero-order chi connectivity index (χ0) is 16.1. The standard InChI is InChI=1S/C15H17N3O3S/c1-9-13(22-10(2)18-9)7-17-15(20)11-3-5-12(6-4-11)21-8-14(16)19/h3-6H,7-8H2,1-2H3,(H2,16,19)(H,17,20). The molecule has 0 aliphatic heterocycles. The Labute approximate surface area is 132 Å². The minimum absolute atomic E-state index is 0.174. The fourth-order valence-corrected chi connectivity index (χ4v) is 2.73. The third kappa shape index (κ3) is 4.29. The van der Waals surface area contributed by atoms with E-state index in [2.05, 4.69) is 10.3 Å². The smallest absolute Gasteiger partial charge is 0.255 e. The molecule has 0 saturated heterocycles. The predicted molar refractivity (Wildman–Crippen MR) is 83.9 cm³/mol. The Hall–Kier alpha value is -2.41. The molecule has 0 atom stereocenters. The van der Waals surface area contributed by atoms with Gasteiger partial charge in [-0.05, 0) is 38.1 Å². The maximum atomic E-state index is 12.1. The van der Waals surface area contributed by atoms with Crippen LogP contribution < -0.4 is 15.8 Å². The molecule has 2 rings (SSSR count). The van der Waals surface area contributed by atoms with Crippen molar-refractivity contribution in [3.8, 4) is 5.75 Å². The molecule has 7 heteroatoms. The van der Waals surface area contributed by atoms with E-state index in [1.807, 2.05) is 13.8 Å². The monoisotopic (exact) mass is 319 g/mol. The number of aryl methyl sites for hydroxylation is 2. The number of hydrogen-bond acceptors (Lipinski definition) is 5. The summed E-state index contributed by atoms with van der Waals surface area (Å²) >= 11 is 1.57. The molecule has 0 radical (unpaired) electrons. The molecule has 0 fully saturated rings. The van der Waals surface area contributed by atoms with Crippen LogP contribution in [0.3, 0.4) is 0 Å². The van der Waals surface area contributed by atoms with Crippen molar-refractivity contribution in [2.24, 2.45) is 5.73 Å². The van der Waals surface area contributed by atoms with E-state index in [0.717, 1.165) is 15.6 Å². The topological polar surface area (TPSA) is 94.3 Å². The van der Waals surface area contributed by atoms with Gasteiger partial charge in [0, 0.05) is 10.4 Å². The van der Waals surface area contributed by atoms with Crippen LogP contribution in [0.5, 0.6) is 5.75 Å². The Morgan fingerprint density at radius 3 is 2.50 bits per heavy atom. The van der Waals surface area contributed by atoms with Crippen LogP contribution in [0.1, 0.15) is 25.9 Å². The van der Waals surface area contributed by atoms with Gasteiger partial charge in [-0.2, -0.15) is 0 Å². The van der Waals surface area contributed by atoms with Gasteiger partial charge in [0.1, 0.15) is 5.75 Å². The molecule has 0 bridgehead atoms. The lowest BCUT2D eigenvalue weighted by Crippen LogP contribution is -2.22. The normalized spacial score (nSPS) is 10.3. The van der Waals surface area contributed by atoms with Gasteiger partial charge in [-0.1, -0.05) is 0 Å². The SMILES string of the molecule is Cc1nc(C)c(CNC(=O)c2ccc(OCC(N)=O)cc2)s1. The molecule has 6 nitrogen and oxygen atoms in total. The molecule has 22 heavy (non-hydrogen) atoms. The first-order valence-electron chi connectivity index (χ1n) is 6.68. The highest BCUT2D eigenvalue weighted by Gasteiger charge is 2.09. The largest absolute Gasteiger partial charge is 0.484 e. The van der Waals surface area contributed by atoms with Crippen molar-refractivity contribution in [1.29, 1.82) is 0 Å². The first-order valence-corrected chi connectivity index (χ1v) is 7.49. The van der Waals surface area contributed by atoms with E-state index < -0.39 is 5.91 Å². The summed E-state index contributed by atoms with van der Waals surface area (Å²) in [6.45, 7) is 4.13. The number of amides is 2. The van der Waals surface area contributed by atoms with Crippen LogP contribution in [0.4, 0.5) is 0 Å². The van der Waals surface area contributed by atoms with Gasteiger partial charge in [-0.25, -0.2) is 4.98 Å². The Morgan fingerprint density at radius 1 is 1.27 bits per heavy atom. The lowest BCUT2D eigenvalue weighted by Gasteiger charge is -2.06. The number of benzene rings is 1. The van der Waals surface area contributed by atoms with E-state index in [1.165, 1.54) is 0 Å². The molecule has 1 heterocycles. The highest BCUT2D eigenvalue weighted by Crippen LogP contribution is 2.17. The fraction of sp³-hybridized carbons (Fsp3) is 0.267. The molecule has 1 aromatic heterocycles. The molecule has 2 aromatic rings. The zero-order valence-corrected chi connectivity index (χ0v) is 13.2. The molecule has 0 aliphatic carbocycles. The van der Waals surface area contributed by atoms with E-state index in [0.29, 0.717) is 17.9 Å². The van der Waals surface area contributed by atoms with Gasteiger partial charge in [0.2, 0.25) is 0 Å². The molecule has 2 amide bonds. The molecular weight excluding hydrogens is 302 g/mol. The van der Waals surface area contributed by atoms with Gasteiger partial charge >= 0.3 is 0 Å². The number of thiazole rings is 1. The molecule has 0 saturated carbocycles. The number of nitrogens with one attached hydrogen (secondary N) is 1. The predicted octanol–water partition coefficient (Wildman–Crippen LogP) is 1.55. The van der Waals surface area contributed by atoms with Gasteiger partial charge < -0.3 is 15.8 Å². The average Bonchev–Trinajstić information content (AvgIpc) is 2.81. The van der Waals surface area contributed by atoms with Crippen LogP contribution in [0.2, 0.25) is 0 Å². The number of rotatable bonds is 6. The third-order valence-electron chi connectivity index (χ3n) is 2.91. The molecular formula is C15H17N3O3S. The van der Waals surface area contributed by atoms with E-state index in [-0.39, 0.29) is 12.5 Å². The Bertz CT molecular complexity index is 680. The average molecular weight is 319 g/mol. The van der Waals surface area contributed by atoms with Gasteiger partial charge in [-0.3, -0.25) is 9.59 Å². The van der Waals surface area contributed by atoms with Crippen molar-refractivity contribution in [1.82, 2.24) is 10.3 Å². The summed E-state index contributed by atoms with van der Waals surface area (Å²) in [5.41, 5.74) is 6.46. The van der Waals surface area contributed by atoms with Gasteiger partial charge in [0.15, 0.2) is 6.61 Å². The minimum atomic E-state index is -0.544. The van der Waals surface area contributed by atoms with E-state index in [1.54, 1.807) is 35.6 Å². The number of primary amides is 1. The summed E-state index contributed by atoms with van der Waals surface area (Å²) in [6.07, 6.45) is 0. The maximum Gasteiger partial charge on any atom is 0.255 e. The molecule has 0 spiro atoms. The van der Waals surface area contributed by atoms with Crippen LogP contribution in [0.25, 0.3) is 0 Å². The highest BCUT2D eigenvalue weighted by atomic mass is 32.1. The summed E-state index contributed by atoms with van der Waals surface area (Å²) in [5.74, 6) is -0.228. The second kappa shape index (κ2) is 7.04. The van der Waals surface area contributed by atoms with Crippen molar-refractivity contribution in [2.75, 3.05) is 6.61 Å². The summed E-state index contributed by atoms with van der Waals surface area (Å²) in [7, 11) is 0. The van der Waals surface area contributed by atoms with Crippen LogP contribution in [-0.2, 0) is 11.3 Å². The van der Waals surface area contributed by atoms with E-state index >= 15 is 0 Å². The summed E-state index contributed by atoms with van der Waals surface area (Å²) in [5, 5.41) is 3.84. The van der Waals surface area contributed by atoms with Gasteiger partial charge in [0.25, 0.3) is 11.8 Å². The summed E-state index contributed by atoms with van der Waals surface area (Å²) in [4.78, 5) is 28.1. The molecule has 0 unspecified atom stereocenters. The van der Waals surface area contributed by atoms with Crippen molar-refractivity contribution in [3.63, 3.8) is 0 Å². The number of carbonyl (C=O) groups is 2. The third-order valence-corrected chi connectivity index (χ3v) is 3.98. The second-order valence-electron chi connectivity index (χ2n) is 4.70. The lowest BCUT2D eigenvalue weighted by atomic mass is 10.2. The minimum Gasteiger partial charge on any atom is -0.484 e. The van der Waals surface area contributed by atoms with Gasteiger partial charge in [0.05, 0.1) is 17.2 Å². The maximum absolute atomic E-state index is 12.1. The number of aromatic nitrogens is 1. The first-order chi connectivity index (χ1) is 10.5. The number of nitrogens with two attached hydrogens (primary N) is 1. The zero-order valence-electron chi connectivity index (χ0n) is 12.4.